The van der Waals surface area contributed by atoms with Crippen molar-refractivity contribution in [2.24, 2.45) is 5.10 Å². The lowest BCUT2D eigenvalue weighted by atomic mass is 10.2. The summed E-state index contributed by atoms with van der Waals surface area (Å²) in [5.74, 6) is 0.731. The van der Waals surface area contributed by atoms with Crippen molar-refractivity contribution in [2.75, 3.05) is 28.4 Å². The first-order chi connectivity index (χ1) is 12.9. The molecular formula is C17H20N2O7S. The van der Waals surface area contributed by atoms with Crippen LogP contribution >= 0.6 is 0 Å². The Kier molecular flexibility index (Phi) is 6.35. The Balaban J connectivity index is 2.28. The Hall–Kier alpha value is -3.14. The summed E-state index contributed by atoms with van der Waals surface area (Å²) in [6.07, 6.45) is 1.25. The fourth-order valence-corrected chi connectivity index (χ4v) is 3.15. The number of sulfonamides is 1. The molecule has 0 aliphatic carbocycles. The predicted octanol–water partition coefficient (Wildman–Crippen LogP) is 1.74. The molecule has 0 fully saturated rings. The second kappa shape index (κ2) is 8.49. The number of nitrogens with one attached hydrogen (secondary N) is 1. The van der Waals surface area contributed by atoms with Crippen LogP contribution in [0.2, 0.25) is 0 Å². The van der Waals surface area contributed by atoms with Crippen LogP contribution in [0.15, 0.2) is 40.3 Å². The summed E-state index contributed by atoms with van der Waals surface area (Å²) in [6.45, 7) is 0. The van der Waals surface area contributed by atoms with Crippen molar-refractivity contribution in [3.63, 3.8) is 0 Å². The van der Waals surface area contributed by atoms with Crippen molar-refractivity contribution in [3.8, 4) is 28.7 Å². The topological polar surface area (TPSA) is 116 Å². The Labute approximate surface area is 157 Å². The van der Waals surface area contributed by atoms with E-state index in [1.165, 1.54) is 65.0 Å². The molecule has 9 nitrogen and oxygen atoms in total. The molecule has 0 saturated carbocycles. The fourth-order valence-electron chi connectivity index (χ4n) is 2.20. The zero-order valence-corrected chi connectivity index (χ0v) is 16.0. The monoisotopic (exact) mass is 396 g/mol. The highest BCUT2D eigenvalue weighted by Gasteiger charge is 2.19. The van der Waals surface area contributed by atoms with Gasteiger partial charge < -0.3 is 24.1 Å². The van der Waals surface area contributed by atoms with Crippen LogP contribution in [-0.2, 0) is 10.0 Å². The van der Waals surface area contributed by atoms with E-state index in [1.807, 2.05) is 0 Å². The van der Waals surface area contributed by atoms with Gasteiger partial charge in [0, 0.05) is 11.6 Å². The summed E-state index contributed by atoms with van der Waals surface area (Å²) < 4.78 is 45.2. The third kappa shape index (κ3) is 4.53. The SMILES string of the molecule is COc1ccc(S(=O)(=O)N/N=C/c2cc(OC)c(O)c(OC)c2)c(OC)c1. The van der Waals surface area contributed by atoms with Crippen molar-refractivity contribution in [1.29, 1.82) is 0 Å². The van der Waals surface area contributed by atoms with Crippen molar-refractivity contribution < 1.29 is 32.5 Å². The fraction of sp³-hybridized carbons (Fsp3) is 0.235. The molecule has 2 N–H and O–H groups in total. The first-order valence-electron chi connectivity index (χ1n) is 7.58. The van der Waals surface area contributed by atoms with Crippen LogP contribution in [0.3, 0.4) is 0 Å². The molecule has 10 heteroatoms. The molecule has 2 aromatic rings. The van der Waals surface area contributed by atoms with Crippen LogP contribution in [0.1, 0.15) is 5.56 Å². The van der Waals surface area contributed by atoms with Crippen molar-refractivity contribution in [3.05, 3.63) is 35.9 Å². The summed E-state index contributed by atoms with van der Waals surface area (Å²) in [7, 11) is 1.61. The minimum absolute atomic E-state index is 0.0937. The van der Waals surface area contributed by atoms with Gasteiger partial charge in [0.25, 0.3) is 10.0 Å². The molecule has 0 amide bonds. The van der Waals surface area contributed by atoms with Gasteiger partial charge in [0.2, 0.25) is 5.75 Å². The van der Waals surface area contributed by atoms with Crippen molar-refractivity contribution >= 4 is 16.2 Å². The van der Waals surface area contributed by atoms with Gasteiger partial charge >= 0.3 is 0 Å². The average Bonchev–Trinajstić information content (AvgIpc) is 2.68. The van der Waals surface area contributed by atoms with E-state index < -0.39 is 10.0 Å². The highest BCUT2D eigenvalue weighted by molar-refractivity contribution is 7.89. The van der Waals surface area contributed by atoms with Gasteiger partial charge in [0.1, 0.15) is 16.4 Å². The lowest BCUT2D eigenvalue weighted by Crippen LogP contribution is -2.19. The summed E-state index contributed by atoms with van der Waals surface area (Å²) in [5, 5.41) is 13.6. The summed E-state index contributed by atoms with van der Waals surface area (Å²) in [4.78, 5) is 2.01. The highest BCUT2D eigenvalue weighted by Crippen LogP contribution is 2.36. The number of phenols is 1. The highest BCUT2D eigenvalue weighted by atomic mass is 32.2. The number of phenolic OH excluding ortho intramolecular Hbond substituents is 1. The Bertz CT molecular complexity index is 917. The van der Waals surface area contributed by atoms with E-state index in [1.54, 1.807) is 0 Å². The molecule has 27 heavy (non-hydrogen) atoms. The van der Waals surface area contributed by atoms with E-state index >= 15 is 0 Å². The van der Waals surface area contributed by atoms with E-state index in [9.17, 15) is 13.5 Å². The lowest BCUT2D eigenvalue weighted by molar-refractivity contribution is 0.340. The van der Waals surface area contributed by atoms with Crippen molar-refractivity contribution in [2.45, 2.75) is 4.90 Å². The molecule has 2 rings (SSSR count). The molecule has 0 radical (unpaired) electrons. The van der Waals surface area contributed by atoms with E-state index in [0.29, 0.717) is 11.3 Å². The number of rotatable bonds is 8. The number of hydrogen-bond donors (Lipinski definition) is 2. The van der Waals surface area contributed by atoms with Crippen LogP contribution in [0.4, 0.5) is 0 Å². The number of aromatic hydroxyl groups is 1. The molecule has 0 atom stereocenters. The Morgan fingerprint density at radius 1 is 0.926 bits per heavy atom. The standard InChI is InChI=1S/C17H20N2O7S/c1-23-12-5-6-16(13(9-12)24-2)27(21,22)19-18-10-11-7-14(25-3)17(20)15(8-11)26-4/h5-10,19-20H,1-4H3/b18-10+. The summed E-state index contributed by atoms with van der Waals surface area (Å²) in [5.41, 5.74) is 0.450. The van der Waals surface area contributed by atoms with Gasteiger partial charge in [0.05, 0.1) is 34.7 Å². The Morgan fingerprint density at radius 3 is 2.04 bits per heavy atom. The van der Waals surface area contributed by atoms with E-state index in [-0.39, 0.29) is 27.9 Å². The molecule has 0 heterocycles. The van der Waals surface area contributed by atoms with Gasteiger partial charge in [-0.05, 0) is 24.3 Å². The van der Waals surface area contributed by atoms with E-state index in [4.69, 9.17) is 18.9 Å². The second-order valence-electron chi connectivity index (χ2n) is 5.14. The van der Waals surface area contributed by atoms with E-state index in [2.05, 4.69) is 9.93 Å². The quantitative estimate of drug-likeness (QED) is 0.516. The maximum atomic E-state index is 12.5. The molecule has 0 spiro atoms. The molecule has 0 aliphatic rings. The number of hydrogen-bond acceptors (Lipinski definition) is 8. The summed E-state index contributed by atoms with van der Waals surface area (Å²) >= 11 is 0. The number of ether oxygens (including phenoxy) is 4. The first-order valence-corrected chi connectivity index (χ1v) is 9.06. The second-order valence-corrected chi connectivity index (χ2v) is 6.77. The van der Waals surface area contributed by atoms with Gasteiger partial charge in [0.15, 0.2) is 11.5 Å². The van der Waals surface area contributed by atoms with Crippen LogP contribution in [0.5, 0.6) is 28.7 Å². The zero-order chi connectivity index (χ0) is 20.0. The largest absolute Gasteiger partial charge is 0.502 e. The third-order valence-electron chi connectivity index (χ3n) is 3.55. The maximum Gasteiger partial charge on any atom is 0.280 e. The van der Waals surface area contributed by atoms with E-state index in [0.717, 1.165) is 0 Å². The third-order valence-corrected chi connectivity index (χ3v) is 4.81. The number of nitrogens with zero attached hydrogens (tertiary/aromatic N) is 1. The average molecular weight is 396 g/mol. The molecule has 0 aromatic heterocycles. The minimum atomic E-state index is -3.98. The van der Waals surface area contributed by atoms with Crippen LogP contribution in [0, 0.1) is 0 Å². The number of benzene rings is 2. The first kappa shape index (κ1) is 20.2. The van der Waals surface area contributed by atoms with Crippen molar-refractivity contribution in [1.82, 2.24) is 4.83 Å². The predicted molar refractivity (Wildman–Crippen MR) is 98.7 cm³/mol. The molecule has 146 valence electrons. The van der Waals surface area contributed by atoms with Crippen LogP contribution in [-0.4, -0.2) is 48.2 Å². The molecule has 2 aromatic carbocycles. The maximum absolute atomic E-state index is 12.5. The zero-order valence-electron chi connectivity index (χ0n) is 15.2. The molecule has 0 saturated heterocycles. The molecular weight excluding hydrogens is 376 g/mol. The van der Waals surface area contributed by atoms with Gasteiger partial charge in [-0.3, -0.25) is 0 Å². The van der Waals surface area contributed by atoms with Gasteiger partial charge in [-0.15, -0.1) is 0 Å². The minimum Gasteiger partial charge on any atom is -0.502 e. The lowest BCUT2D eigenvalue weighted by Gasteiger charge is -2.11. The number of methoxy groups -OCH3 is 4. The number of hydrazone groups is 1. The summed E-state index contributed by atoms with van der Waals surface area (Å²) in [6, 6.07) is 7.25. The van der Waals surface area contributed by atoms with Crippen LogP contribution < -0.4 is 23.8 Å². The molecule has 0 unspecified atom stereocenters. The van der Waals surface area contributed by atoms with Gasteiger partial charge in [-0.25, -0.2) is 0 Å². The van der Waals surface area contributed by atoms with Gasteiger partial charge in [-0.2, -0.15) is 18.4 Å². The smallest absolute Gasteiger partial charge is 0.280 e. The Morgan fingerprint density at radius 2 is 1.52 bits per heavy atom. The molecule has 0 bridgehead atoms. The molecule has 0 aliphatic heterocycles. The van der Waals surface area contributed by atoms with Gasteiger partial charge in [-0.1, -0.05) is 0 Å². The normalized spacial score (nSPS) is 11.3. The van der Waals surface area contributed by atoms with Crippen LogP contribution in [0.25, 0.3) is 0 Å².